The zero-order valence-electron chi connectivity index (χ0n) is 24.4. The number of hydrogen-bond acceptors (Lipinski definition) is 1. The topological polar surface area (TPSA) is 9.23 Å². The molecule has 9 aromatic carbocycles. The third-order valence-corrected chi connectivity index (χ3v) is 9.66. The van der Waals surface area contributed by atoms with Crippen molar-refractivity contribution in [2.24, 2.45) is 0 Å². The zero-order valence-corrected chi connectivity index (χ0v) is 24.4. The largest absolute Gasteiger partial charge is 0.456 e. The van der Waals surface area contributed by atoms with E-state index in [1.54, 1.807) is 0 Å². The van der Waals surface area contributed by atoms with Gasteiger partial charge in [-0.2, -0.15) is 0 Å². The van der Waals surface area contributed by atoms with Crippen molar-refractivity contribution in [3.63, 3.8) is 0 Å². The third kappa shape index (κ3) is 3.56. The minimum Gasteiger partial charge on any atom is -0.456 e. The van der Waals surface area contributed by atoms with E-state index in [0.717, 1.165) is 17.1 Å². The van der Waals surface area contributed by atoms with Gasteiger partial charge in [-0.1, -0.05) is 146 Å². The average molecular weight is 571 g/mol. The van der Waals surface area contributed by atoms with Crippen LogP contribution in [0, 0.1) is 0 Å². The van der Waals surface area contributed by atoms with Crippen LogP contribution in [0.15, 0.2) is 158 Å². The molecule has 0 bridgehead atoms. The highest BCUT2D eigenvalue weighted by molar-refractivity contribution is 6.27. The van der Waals surface area contributed by atoms with E-state index in [1.165, 1.54) is 82.0 Å². The molecule has 1 heterocycles. The molecule has 0 aromatic heterocycles. The van der Waals surface area contributed by atoms with Gasteiger partial charge in [0.05, 0.1) is 0 Å². The highest BCUT2D eigenvalue weighted by atomic mass is 16.5. The second-order valence-corrected chi connectivity index (χ2v) is 12.0. The SMILES string of the molecule is c1ccc(-c2ccc3ccc4c(-c5ccc(-c6ccc7c8c(cccc68)-c6ccccc6O7)cc5)ccc5ccc2c3c54)cc1. The Hall–Kier alpha value is -5.92. The Bertz CT molecular complexity index is 2590. The van der Waals surface area contributed by atoms with Crippen LogP contribution in [0.4, 0.5) is 0 Å². The summed E-state index contributed by atoms with van der Waals surface area (Å²) in [5.74, 6) is 1.84. The van der Waals surface area contributed by atoms with E-state index in [9.17, 15) is 0 Å². The lowest BCUT2D eigenvalue weighted by Gasteiger charge is -2.22. The first-order valence-corrected chi connectivity index (χ1v) is 15.5. The van der Waals surface area contributed by atoms with Crippen molar-refractivity contribution < 1.29 is 4.74 Å². The van der Waals surface area contributed by atoms with E-state index in [2.05, 4.69) is 146 Å². The van der Waals surface area contributed by atoms with Gasteiger partial charge in [0.1, 0.15) is 11.5 Å². The number of benzene rings is 9. The number of rotatable bonds is 3. The molecule has 0 saturated heterocycles. The lowest BCUT2D eigenvalue weighted by molar-refractivity contribution is 0.487. The lowest BCUT2D eigenvalue weighted by atomic mass is 9.87. The fraction of sp³-hybridized carbons (Fsp3) is 0. The maximum absolute atomic E-state index is 6.34. The number of ether oxygens (including phenoxy) is 1. The Morgan fingerprint density at radius 1 is 0.267 bits per heavy atom. The standard InChI is InChI=1S/C44H26O/c1-2-7-27(8-3-1)32-21-17-30-20-24-39-33(22-18-31-19-23-38(32)42(30)43(31)39)28-13-15-29(16-14-28)34-25-26-41-44-36(34)10-6-11-37(44)35-9-4-5-12-40(35)45-41/h1-26H. The van der Waals surface area contributed by atoms with E-state index in [-0.39, 0.29) is 0 Å². The van der Waals surface area contributed by atoms with Crippen molar-refractivity contribution in [2.45, 2.75) is 0 Å². The van der Waals surface area contributed by atoms with Crippen LogP contribution >= 0.6 is 0 Å². The minimum atomic E-state index is 0.916. The smallest absolute Gasteiger partial charge is 0.135 e. The van der Waals surface area contributed by atoms with E-state index < -0.39 is 0 Å². The summed E-state index contributed by atoms with van der Waals surface area (Å²) in [6.07, 6.45) is 0. The van der Waals surface area contributed by atoms with Crippen molar-refractivity contribution in [1.29, 1.82) is 0 Å². The second-order valence-electron chi connectivity index (χ2n) is 12.0. The van der Waals surface area contributed by atoms with Gasteiger partial charge < -0.3 is 4.74 Å². The molecule has 10 rings (SSSR count). The molecule has 0 spiro atoms. The first-order chi connectivity index (χ1) is 22.3. The Labute approximate surface area is 260 Å². The summed E-state index contributed by atoms with van der Waals surface area (Å²) in [6, 6.07) is 57.3. The molecular formula is C44H26O. The molecule has 1 heteroatoms. The normalized spacial score (nSPS) is 12.2. The number of fused-ring (bicyclic) bond motifs is 2. The molecule has 0 amide bonds. The van der Waals surface area contributed by atoms with Gasteiger partial charge in [0.2, 0.25) is 0 Å². The van der Waals surface area contributed by atoms with Gasteiger partial charge in [0.25, 0.3) is 0 Å². The quantitative estimate of drug-likeness (QED) is 0.192. The van der Waals surface area contributed by atoms with Gasteiger partial charge >= 0.3 is 0 Å². The van der Waals surface area contributed by atoms with Crippen molar-refractivity contribution in [1.82, 2.24) is 0 Å². The molecule has 1 aliphatic heterocycles. The van der Waals surface area contributed by atoms with Crippen LogP contribution in [0.2, 0.25) is 0 Å². The van der Waals surface area contributed by atoms with Gasteiger partial charge in [0, 0.05) is 10.9 Å². The van der Waals surface area contributed by atoms with Crippen molar-refractivity contribution in [3.8, 4) is 56.0 Å². The van der Waals surface area contributed by atoms with E-state index in [4.69, 9.17) is 4.74 Å². The predicted molar refractivity (Wildman–Crippen MR) is 189 cm³/mol. The monoisotopic (exact) mass is 570 g/mol. The predicted octanol–water partition coefficient (Wildman–Crippen LogP) is 12.5. The first-order valence-electron chi connectivity index (χ1n) is 15.5. The summed E-state index contributed by atoms with van der Waals surface area (Å²) < 4.78 is 6.34. The summed E-state index contributed by atoms with van der Waals surface area (Å²) in [5.41, 5.74) is 9.80. The summed E-state index contributed by atoms with van der Waals surface area (Å²) in [6.45, 7) is 0. The average Bonchev–Trinajstić information content (AvgIpc) is 3.11. The highest BCUT2D eigenvalue weighted by Gasteiger charge is 2.21. The third-order valence-electron chi connectivity index (χ3n) is 9.66. The van der Waals surface area contributed by atoms with Gasteiger partial charge in [-0.15, -0.1) is 0 Å². The molecule has 0 saturated carbocycles. The van der Waals surface area contributed by atoms with Crippen LogP contribution in [0.3, 0.4) is 0 Å². The molecule has 9 aromatic rings. The Morgan fingerprint density at radius 3 is 1.44 bits per heavy atom. The molecule has 208 valence electrons. The van der Waals surface area contributed by atoms with Gasteiger partial charge in [-0.3, -0.25) is 0 Å². The fourth-order valence-electron chi connectivity index (χ4n) is 7.58. The van der Waals surface area contributed by atoms with Gasteiger partial charge in [-0.25, -0.2) is 0 Å². The molecule has 0 fully saturated rings. The van der Waals surface area contributed by atoms with Crippen LogP contribution in [-0.2, 0) is 0 Å². The molecule has 0 atom stereocenters. The van der Waals surface area contributed by atoms with Gasteiger partial charge in [-0.05, 0) is 88.8 Å². The molecule has 0 N–H and O–H groups in total. The highest BCUT2D eigenvalue weighted by Crippen LogP contribution is 2.49. The lowest BCUT2D eigenvalue weighted by Crippen LogP contribution is -1.97. The summed E-state index contributed by atoms with van der Waals surface area (Å²) in [7, 11) is 0. The van der Waals surface area contributed by atoms with Crippen LogP contribution < -0.4 is 4.74 Å². The molecule has 0 aliphatic carbocycles. The molecule has 1 aliphatic rings. The van der Waals surface area contributed by atoms with Crippen LogP contribution in [0.5, 0.6) is 11.5 Å². The summed E-state index contributed by atoms with van der Waals surface area (Å²) >= 11 is 0. The fourth-order valence-corrected chi connectivity index (χ4v) is 7.58. The number of para-hydroxylation sites is 1. The van der Waals surface area contributed by atoms with E-state index in [0.29, 0.717) is 0 Å². The Morgan fingerprint density at radius 2 is 0.778 bits per heavy atom. The van der Waals surface area contributed by atoms with E-state index >= 15 is 0 Å². The molecule has 0 radical (unpaired) electrons. The summed E-state index contributed by atoms with van der Waals surface area (Å²) in [5, 5.41) is 10.2. The van der Waals surface area contributed by atoms with Crippen LogP contribution in [-0.4, -0.2) is 0 Å². The molecule has 0 unspecified atom stereocenters. The Balaban J connectivity index is 1.12. The second kappa shape index (κ2) is 9.29. The van der Waals surface area contributed by atoms with Crippen molar-refractivity contribution >= 4 is 43.1 Å². The maximum Gasteiger partial charge on any atom is 0.135 e. The Kier molecular flexibility index (Phi) is 5.06. The number of hydrogen-bond donors (Lipinski definition) is 0. The molecular weight excluding hydrogens is 544 g/mol. The molecule has 45 heavy (non-hydrogen) atoms. The van der Waals surface area contributed by atoms with Crippen LogP contribution in [0.1, 0.15) is 0 Å². The zero-order chi connectivity index (χ0) is 29.5. The first kappa shape index (κ1) is 24.5. The van der Waals surface area contributed by atoms with E-state index in [1.807, 2.05) is 12.1 Å². The van der Waals surface area contributed by atoms with Crippen molar-refractivity contribution in [2.75, 3.05) is 0 Å². The minimum absolute atomic E-state index is 0.916. The van der Waals surface area contributed by atoms with Gasteiger partial charge in [0.15, 0.2) is 0 Å². The van der Waals surface area contributed by atoms with Crippen molar-refractivity contribution in [3.05, 3.63) is 158 Å². The molecule has 1 nitrogen and oxygen atoms in total. The summed E-state index contributed by atoms with van der Waals surface area (Å²) in [4.78, 5) is 0. The maximum atomic E-state index is 6.34. The van der Waals surface area contributed by atoms with Crippen LogP contribution in [0.25, 0.3) is 87.6 Å².